The molecule has 1 aromatic heterocycles. The van der Waals surface area contributed by atoms with Gasteiger partial charge in [0.2, 0.25) is 0 Å². The smallest absolute Gasteiger partial charge is 0.346 e. The summed E-state index contributed by atoms with van der Waals surface area (Å²) in [6.07, 6.45) is 0.824. The summed E-state index contributed by atoms with van der Waals surface area (Å²) in [5, 5.41) is 10.5. The van der Waals surface area contributed by atoms with Gasteiger partial charge in [-0.25, -0.2) is 4.79 Å². The van der Waals surface area contributed by atoms with Gasteiger partial charge in [-0.3, -0.25) is 0 Å². The Morgan fingerprint density at radius 3 is 2.56 bits per heavy atom. The Labute approximate surface area is 111 Å². The number of rotatable bonds is 3. The van der Waals surface area contributed by atoms with Crippen LogP contribution in [0.15, 0.2) is 12.1 Å². The summed E-state index contributed by atoms with van der Waals surface area (Å²) in [7, 11) is 0. The molecule has 0 amide bonds. The van der Waals surface area contributed by atoms with Crippen molar-refractivity contribution in [3.8, 4) is 0 Å². The van der Waals surface area contributed by atoms with Crippen LogP contribution in [0.5, 0.6) is 0 Å². The van der Waals surface area contributed by atoms with Crippen molar-refractivity contribution >= 4 is 27.4 Å². The van der Waals surface area contributed by atoms with Crippen molar-refractivity contribution in [2.45, 2.75) is 34.1 Å². The third kappa shape index (κ3) is 2.27. The first kappa shape index (κ1) is 13.1. The predicted octanol–water partition coefficient (Wildman–Crippen LogP) is 4.41. The molecule has 0 aliphatic rings. The Morgan fingerprint density at radius 1 is 1.33 bits per heavy atom. The Hall–Kier alpha value is -1.35. The van der Waals surface area contributed by atoms with Crippen LogP contribution in [-0.2, 0) is 6.42 Å². The minimum atomic E-state index is -0.802. The number of hydrogen-bond acceptors (Lipinski definition) is 2. The van der Waals surface area contributed by atoms with E-state index in [1.54, 1.807) is 0 Å². The van der Waals surface area contributed by atoms with Gasteiger partial charge in [0, 0.05) is 4.70 Å². The number of benzene rings is 1. The number of aromatic carboxylic acids is 1. The van der Waals surface area contributed by atoms with E-state index in [1.165, 1.54) is 22.5 Å². The molecule has 3 heteroatoms. The van der Waals surface area contributed by atoms with Gasteiger partial charge in [-0.1, -0.05) is 31.5 Å². The lowest BCUT2D eigenvalue weighted by Crippen LogP contribution is -2.01. The van der Waals surface area contributed by atoms with Gasteiger partial charge in [0.25, 0.3) is 0 Å². The maximum atomic E-state index is 11.4. The van der Waals surface area contributed by atoms with Crippen molar-refractivity contribution < 1.29 is 9.90 Å². The molecule has 0 spiro atoms. The van der Waals surface area contributed by atoms with Crippen LogP contribution in [0.4, 0.5) is 0 Å². The number of carbonyl (C=O) groups is 1. The van der Waals surface area contributed by atoms with Crippen molar-refractivity contribution in [2.24, 2.45) is 5.92 Å². The molecule has 0 radical (unpaired) electrons. The Balaban J connectivity index is 2.76. The van der Waals surface area contributed by atoms with Crippen molar-refractivity contribution in [1.29, 1.82) is 0 Å². The molecule has 0 bridgehead atoms. The fraction of sp³-hybridized carbons (Fsp3) is 0.400. The fourth-order valence-electron chi connectivity index (χ4n) is 2.38. The lowest BCUT2D eigenvalue weighted by Gasteiger charge is -2.06. The summed E-state index contributed by atoms with van der Waals surface area (Å²) in [6.45, 7) is 8.36. The van der Waals surface area contributed by atoms with Crippen LogP contribution in [0.1, 0.15) is 40.2 Å². The molecule has 0 saturated heterocycles. The van der Waals surface area contributed by atoms with Gasteiger partial charge in [-0.2, -0.15) is 0 Å². The van der Waals surface area contributed by atoms with Gasteiger partial charge in [0.1, 0.15) is 4.88 Å². The highest BCUT2D eigenvalue weighted by Crippen LogP contribution is 2.35. The molecule has 0 saturated carbocycles. The molecule has 1 N–H and O–H groups in total. The fourth-order valence-corrected chi connectivity index (χ4v) is 3.50. The average Bonchev–Trinajstić information content (AvgIpc) is 2.57. The lowest BCUT2D eigenvalue weighted by atomic mass is 9.98. The zero-order valence-electron chi connectivity index (χ0n) is 11.2. The van der Waals surface area contributed by atoms with Gasteiger partial charge in [-0.05, 0) is 42.7 Å². The molecule has 96 valence electrons. The SMILES string of the molecule is Cc1cc(C)c2sc(C(=O)O)c(CC(C)C)c2c1. The summed E-state index contributed by atoms with van der Waals surface area (Å²) in [5.41, 5.74) is 3.37. The maximum Gasteiger partial charge on any atom is 0.346 e. The highest BCUT2D eigenvalue weighted by atomic mass is 32.1. The normalized spacial score (nSPS) is 11.4. The van der Waals surface area contributed by atoms with Crippen LogP contribution in [-0.4, -0.2) is 11.1 Å². The third-order valence-corrected chi connectivity index (χ3v) is 4.40. The average molecular weight is 262 g/mol. The highest BCUT2D eigenvalue weighted by molar-refractivity contribution is 7.21. The summed E-state index contributed by atoms with van der Waals surface area (Å²) in [4.78, 5) is 11.9. The van der Waals surface area contributed by atoms with Crippen LogP contribution in [0, 0.1) is 19.8 Å². The number of carboxylic acid groups (broad SMARTS) is 1. The topological polar surface area (TPSA) is 37.3 Å². The Bertz CT molecular complexity index is 608. The minimum Gasteiger partial charge on any atom is -0.477 e. The van der Waals surface area contributed by atoms with E-state index in [4.69, 9.17) is 0 Å². The molecule has 1 aromatic carbocycles. The number of thiophene rings is 1. The van der Waals surface area contributed by atoms with Gasteiger partial charge < -0.3 is 5.11 Å². The van der Waals surface area contributed by atoms with E-state index in [-0.39, 0.29) is 0 Å². The first-order chi connectivity index (χ1) is 8.40. The van der Waals surface area contributed by atoms with Crippen LogP contribution in [0.2, 0.25) is 0 Å². The van der Waals surface area contributed by atoms with Crippen molar-refractivity contribution in [3.63, 3.8) is 0 Å². The molecule has 0 unspecified atom stereocenters. The number of fused-ring (bicyclic) bond motifs is 1. The summed E-state index contributed by atoms with van der Waals surface area (Å²) >= 11 is 1.41. The maximum absolute atomic E-state index is 11.4. The van der Waals surface area contributed by atoms with E-state index in [0.717, 1.165) is 22.1 Å². The summed E-state index contributed by atoms with van der Waals surface area (Å²) < 4.78 is 1.12. The van der Waals surface area contributed by atoms with E-state index >= 15 is 0 Å². The van der Waals surface area contributed by atoms with Crippen molar-refractivity contribution in [3.05, 3.63) is 33.7 Å². The second-order valence-electron chi connectivity index (χ2n) is 5.27. The van der Waals surface area contributed by atoms with E-state index in [9.17, 15) is 9.90 Å². The summed E-state index contributed by atoms with van der Waals surface area (Å²) in [5.74, 6) is -0.342. The Kier molecular flexibility index (Phi) is 3.44. The lowest BCUT2D eigenvalue weighted by molar-refractivity contribution is 0.0701. The standard InChI is InChI=1S/C15H18O2S/c1-8(2)5-11-12-7-9(3)6-10(4)13(12)18-14(11)15(16)17/h6-8H,5H2,1-4H3,(H,16,17). The Morgan fingerprint density at radius 2 is 2.00 bits per heavy atom. The first-order valence-corrected chi connectivity index (χ1v) is 6.97. The number of aryl methyl sites for hydroxylation is 2. The van der Waals surface area contributed by atoms with Crippen molar-refractivity contribution in [2.75, 3.05) is 0 Å². The molecule has 18 heavy (non-hydrogen) atoms. The summed E-state index contributed by atoms with van der Waals surface area (Å²) in [6, 6.07) is 4.23. The second-order valence-corrected chi connectivity index (χ2v) is 6.29. The van der Waals surface area contributed by atoms with Crippen LogP contribution < -0.4 is 0 Å². The van der Waals surface area contributed by atoms with E-state index in [2.05, 4.69) is 39.8 Å². The zero-order valence-corrected chi connectivity index (χ0v) is 12.0. The third-order valence-electron chi connectivity index (χ3n) is 3.03. The number of carboxylic acids is 1. The highest BCUT2D eigenvalue weighted by Gasteiger charge is 2.19. The molecule has 2 rings (SSSR count). The molecule has 2 aromatic rings. The van der Waals surface area contributed by atoms with E-state index in [1.807, 2.05) is 0 Å². The largest absolute Gasteiger partial charge is 0.477 e. The molecule has 0 aliphatic heterocycles. The van der Waals surface area contributed by atoms with Gasteiger partial charge in [0.05, 0.1) is 0 Å². The van der Waals surface area contributed by atoms with Gasteiger partial charge >= 0.3 is 5.97 Å². The van der Waals surface area contributed by atoms with Gasteiger partial charge in [-0.15, -0.1) is 11.3 Å². The van der Waals surface area contributed by atoms with Crippen LogP contribution >= 0.6 is 11.3 Å². The predicted molar refractivity (Wildman–Crippen MR) is 76.8 cm³/mol. The van der Waals surface area contributed by atoms with Crippen LogP contribution in [0.3, 0.4) is 0 Å². The molecule has 2 nitrogen and oxygen atoms in total. The van der Waals surface area contributed by atoms with E-state index in [0.29, 0.717) is 10.8 Å². The monoisotopic (exact) mass is 262 g/mol. The minimum absolute atomic E-state index is 0.460. The molecule has 0 atom stereocenters. The quantitative estimate of drug-likeness (QED) is 0.889. The van der Waals surface area contributed by atoms with E-state index < -0.39 is 5.97 Å². The molecule has 0 fully saturated rings. The van der Waals surface area contributed by atoms with Gasteiger partial charge in [0.15, 0.2) is 0 Å². The van der Waals surface area contributed by atoms with Crippen molar-refractivity contribution in [1.82, 2.24) is 0 Å². The second kappa shape index (κ2) is 4.73. The molecule has 0 aliphatic carbocycles. The first-order valence-electron chi connectivity index (χ1n) is 6.16. The molecular weight excluding hydrogens is 244 g/mol. The van der Waals surface area contributed by atoms with Crippen LogP contribution in [0.25, 0.3) is 10.1 Å². The zero-order chi connectivity index (χ0) is 13.4. The number of hydrogen-bond donors (Lipinski definition) is 1. The molecular formula is C15H18O2S. The molecule has 1 heterocycles.